The quantitative estimate of drug-likeness (QED) is 0.544. The van der Waals surface area contributed by atoms with Gasteiger partial charge in [0, 0.05) is 31.9 Å². The Kier molecular flexibility index (Phi) is 6.25. The lowest BCUT2D eigenvalue weighted by Gasteiger charge is -2.42. The van der Waals surface area contributed by atoms with Gasteiger partial charge in [-0.3, -0.25) is 4.79 Å². The van der Waals surface area contributed by atoms with Crippen LogP contribution in [0.15, 0.2) is 24.3 Å². The van der Waals surface area contributed by atoms with Gasteiger partial charge in [-0.1, -0.05) is 24.6 Å². The summed E-state index contributed by atoms with van der Waals surface area (Å²) in [4.78, 5) is 12.1. The van der Waals surface area contributed by atoms with E-state index in [1.165, 1.54) is 19.3 Å². The number of carbonyl (C=O) groups excluding carboxylic acids is 1. The smallest absolute Gasteiger partial charge is 0.220 e. The van der Waals surface area contributed by atoms with Crippen molar-refractivity contribution in [2.45, 2.75) is 45.4 Å². The highest BCUT2D eigenvalue weighted by Crippen LogP contribution is 2.43. The third-order valence-electron chi connectivity index (χ3n) is 4.73. The van der Waals surface area contributed by atoms with E-state index in [2.05, 4.69) is 5.32 Å². The van der Waals surface area contributed by atoms with Crippen LogP contribution in [0, 0.1) is 5.41 Å². The van der Waals surface area contributed by atoms with Crippen molar-refractivity contribution in [3.8, 4) is 0 Å². The molecule has 1 amide bonds. The molecule has 0 atom stereocenters. The summed E-state index contributed by atoms with van der Waals surface area (Å²) in [5.74, 6) is 0.117. The van der Waals surface area contributed by atoms with E-state index in [0.717, 1.165) is 37.4 Å². The van der Waals surface area contributed by atoms with Crippen LogP contribution < -0.4 is 11.1 Å². The predicted octanol–water partition coefficient (Wildman–Crippen LogP) is 2.91. The number of para-hydroxylation sites is 1. The number of nitrogens with two attached hydrogens (primary N) is 1. The number of amides is 1. The first-order valence-corrected chi connectivity index (χ1v) is 8.33. The molecule has 0 aromatic heterocycles. The second-order valence-electron chi connectivity index (χ2n) is 6.28. The molecular weight excluding hydrogens is 276 g/mol. The van der Waals surface area contributed by atoms with Gasteiger partial charge in [-0.2, -0.15) is 0 Å². The van der Waals surface area contributed by atoms with Crippen molar-refractivity contribution in [1.29, 1.82) is 0 Å². The number of anilines is 1. The third kappa shape index (κ3) is 4.73. The molecule has 1 saturated carbocycles. The Morgan fingerprint density at radius 3 is 2.77 bits per heavy atom. The summed E-state index contributed by atoms with van der Waals surface area (Å²) in [5.41, 5.74) is 7.99. The summed E-state index contributed by atoms with van der Waals surface area (Å²) in [7, 11) is 0. The van der Waals surface area contributed by atoms with E-state index in [-0.39, 0.29) is 11.3 Å². The van der Waals surface area contributed by atoms with Gasteiger partial charge in [-0.25, -0.2) is 0 Å². The zero-order chi connectivity index (χ0) is 15.8. The predicted molar refractivity (Wildman–Crippen MR) is 89.6 cm³/mol. The van der Waals surface area contributed by atoms with Crippen molar-refractivity contribution in [3.05, 3.63) is 29.8 Å². The minimum atomic E-state index is 0.117. The summed E-state index contributed by atoms with van der Waals surface area (Å²) in [6, 6.07) is 7.74. The fourth-order valence-electron chi connectivity index (χ4n) is 3.01. The molecule has 4 nitrogen and oxygen atoms in total. The van der Waals surface area contributed by atoms with Crippen LogP contribution in [0.2, 0.25) is 0 Å². The zero-order valence-electron chi connectivity index (χ0n) is 13.6. The van der Waals surface area contributed by atoms with Crippen LogP contribution in [0.1, 0.15) is 44.6 Å². The molecule has 122 valence electrons. The van der Waals surface area contributed by atoms with E-state index in [4.69, 9.17) is 10.5 Å². The first-order chi connectivity index (χ1) is 10.7. The van der Waals surface area contributed by atoms with Gasteiger partial charge < -0.3 is 15.8 Å². The highest BCUT2D eigenvalue weighted by Gasteiger charge is 2.36. The molecule has 0 spiro atoms. The normalized spacial score (nSPS) is 16.0. The molecule has 1 aromatic rings. The van der Waals surface area contributed by atoms with Gasteiger partial charge in [0.05, 0.1) is 0 Å². The van der Waals surface area contributed by atoms with Crippen LogP contribution in [-0.2, 0) is 16.0 Å². The maximum absolute atomic E-state index is 12.1. The molecule has 1 aliphatic rings. The molecule has 1 fully saturated rings. The molecular formula is C18H28N2O2. The molecule has 2 rings (SSSR count). The molecule has 0 heterocycles. The second kappa shape index (κ2) is 8.18. The Morgan fingerprint density at radius 1 is 1.36 bits per heavy atom. The number of ether oxygens (including phenoxy) is 1. The Labute approximate surface area is 133 Å². The third-order valence-corrected chi connectivity index (χ3v) is 4.73. The van der Waals surface area contributed by atoms with E-state index in [9.17, 15) is 4.79 Å². The average Bonchev–Trinajstić information content (AvgIpc) is 2.48. The summed E-state index contributed by atoms with van der Waals surface area (Å²) in [6.45, 7) is 4.36. The van der Waals surface area contributed by atoms with Gasteiger partial charge in [-0.05, 0) is 49.7 Å². The molecule has 1 aliphatic carbocycles. The van der Waals surface area contributed by atoms with E-state index in [1.54, 1.807) is 0 Å². The van der Waals surface area contributed by atoms with Crippen molar-refractivity contribution in [2.24, 2.45) is 5.41 Å². The largest absolute Gasteiger partial charge is 0.399 e. The molecule has 0 unspecified atom stereocenters. The van der Waals surface area contributed by atoms with Crippen molar-refractivity contribution >= 4 is 11.6 Å². The van der Waals surface area contributed by atoms with Crippen LogP contribution in [0.3, 0.4) is 0 Å². The van der Waals surface area contributed by atoms with Crippen LogP contribution in [0.5, 0.6) is 0 Å². The van der Waals surface area contributed by atoms with Crippen LogP contribution in [0.25, 0.3) is 0 Å². The Hall–Kier alpha value is -1.55. The zero-order valence-corrected chi connectivity index (χ0v) is 13.6. The number of rotatable bonds is 9. The number of nitrogens with one attached hydrogen (secondary N) is 1. The molecule has 0 bridgehead atoms. The average molecular weight is 304 g/mol. The topological polar surface area (TPSA) is 64.3 Å². The van der Waals surface area contributed by atoms with Crippen molar-refractivity contribution in [3.63, 3.8) is 0 Å². The minimum absolute atomic E-state index is 0.117. The number of aryl methyl sites for hydroxylation is 1. The van der Waals surface area contributed by atoms with Gasteiger partial charge >= 0.3 is 0 Å². The summed E-state index contributed by atoms with van der Waals surface area (Å²) < 4.78 is 5.46. The first kappa shape index (κ1) is 16.8. The summed E-state index contributed by atoms with van der Waals surface area (Å²) in [6.07, 6.45) is 5.91. The fourth-order valence-corrected chi connectivity index (χ4v) is 3.01. The number of nitrogen functional groups attached to an aromatic ring is 1. The van der Waals surface area contributed by atoms with E-state index >= 15 is 0 Å². The van der Waals surface area contributed by atoms with Gasteiger partial charge in [0.25, 0.3) is 0 Å². The second-order valence-corrected chi connectivity index (χ2v) is 6.28. The molecule has 1 aromatic carbocycles. The van der Waals surface area contributed by atoms with Gasteiger partial charge in [0.2, 0.25) is 5.91 Å². The SMILES string of the molecule is CCOCCC1(CNC(=O)CCc2ccccc2N)CCC1. The van der Waals surface area contributed by atoms with Crippen molar-refractivity contribution < 1.29 is 9.53 Å². The number of hydrogen-bond acceptors (Lipinski definition) is 3. The summed E-state index contributed by atoms with van der Waals surface area (Å²) in [5, 5.41) is 3.11. The minimum Gasteiger partial charge on any atom is -0.399 e. The highest BCUT2D eigenvalue weighted by molar-refractivity contribution is 5.76. The lowest BCUT2D eigenvalue weighted by molar-refractivity contribution is -0.122. The molecule has 0 radical (unpaired) electrons. The van der Waals surface area contributed by atoms with Crippen molar-refractivity contribution in [1.82, 2.24) is 5.32 Å². The monoisotopic (exact) mass is 304 g/mol. The van der Waals surface area contributed by atoms with E-state index in [1.807, 2.05) is 31.2 Å². The maximum atomic E-state index is 12.1. The molecule has 0 saturated heterocycles. The van der Waals surface area contributed by atoms with Gasteiger partial charge in [-0.15, -0.1) is 0 Å². The fraction of sp³-hybridized carbons (Fsp3) is 0.611. The van der Waals surface area contributed by atoms with Crippen molar-refractivity contribution in [2.75, 3.05) is 25.5 Å². The molecule has 0 aliphatic heterocycles. The van der Waals surface area contributed by atoms with Crippen LogP contribution in [-0.4, -0.2) is 25.7 Å². The van der Waals surface area contributed by atoms with Gasteiger partial charge in [0.1, 0.15) is 0 Å². The first-order valence-electron chi connectivity index (χ1n) is 8.33. The molecule has 22 heavy (non-hydrogen) atoms. The Balaban J connectivity index is 1.71. The summed E-state index contributed by atoms with van der Waals surface area (Å²) >= 11 is 0. The maximum Gasteiger partial charge on any atom is 0.220 e. The lowest BCUT2D eigenvalue weighted by atomic mass is 9.66. The highest BCUT2D eigenvalue weighted by atomic mass is 16.5. The Morgan fingerprint density at radius 2 is 2.14 bits per heavy atom. The van der Waals surface area contributed by atoms with Gasteiger partial charge in [0.15, 0.2) is 0 Å². The van der Waals surface area contributed by atoms with E-state index < -0.39 is 0 Å². The number of hydrogen-bond donors (Lipinski definition) is 2. The van der Waals surface area contributed by atoms with E-state index in [0.29, 0.717) is 12.8 Å². The number of benzene rings is 1. The standard InChI is InChI=1S/C18H28N2O2/c1-2-22-13-12-18(10-5-11-18)14-20-17(21)9-8-15-6-3-4-7-16(15)19/h3-4,6-7H,2,5,8-14,19H2,1H3,(H,20,21). The Bertz CT molecular complexity index is 484. The lowest BCUT2D eigenvalue weighted by Crippen LogP contribution is -2.43. The number of carbonyl (C=O) groups is 1. The molecule has 3 N–H and O–H groups in total. The van der Waals surface area contributed by atoms with Crippen LogP contribution >= 0.6 is 0 Å². The van der Waals surface area contributed by atoms with Crippen LogP contribution in [0.4, 0.5) is 5.69 Å². The molecule has 4 heteroatoms.